The molecule has 2 aliphatic heterocycles. The Labute approximate surface area is 248 Å². The van der Waals surface area contributed by atoms with Crippen LogP contribution < -0.4 is 5.32 Å². The lowest BCUT2D eigenvalue weighted by molar-refractivity contribution is -0.127. The minimum Gasteiger partial charge on any atom is -0.379 e. The molecule has 4 rings (SSSR count). The van der Waals surface area contributed by atoms with Gasteiger partial charge in [-0.1, -0.05) is 49.3 Å². The molecule has 1 aromatic heterocycles. The average molecular weight is 583 g/mol. The minimum atomic E-state index is -0.129. The van der Waals surface area contributed by atoms with Gasteiger partial charge >= 0.3 is 0 Å². The van der Waals surface area contributed by atoms with Crippen LogP contribution in [-0.4, -0.2) is 90.4 Å². The molecule has 1 amide bonds. The van der Waals surface area contributed by atoms with Gasteiger partial charge in [-0.2, -0.15) is 0 Å². The van der Waals surface area contributed by atoms with Crippen LogP contribution in [0.3, 0.4) is 0 Å². The van der Waals surface area contributed by atoms with Crippen molar-refractivity contribution in [2.75, 3.05) is 52.7 Å². The van der Waals surface area contributed by atoms with Crippen LogP contribution in [0.2, 0.25) is 0 Å². The van der Waals surface area contributed by atoms with Gasteiger partial charge in [-0.25, -0.2) is 0 Å². The maximum absolute atomic E-state index is 12.8. The van der Waals surface area contributed by atoms with Crippen LogP contribution in [0.15, 0.2) is 35.4 Å². The number of nitrogens with zero attached hydrogens (tertiary/aromatic N) is 7. The van der Waals surface area contributed by atoms with E-state index in [0.717, 1.165) is 43.0 Å². The number of fused-ring (bicyclic) bond motifs is 2. The molecule has 3 atom stereocenters. The Morgan fingerprint density at radius 2 is 1.69 bits per heavy atom. The second-order valence-corrected chi connectivity index (χ2v) is 11.4. The number of azide groups is 1. The van der Waals surface area contributed by atoms with Gasteiger partial charge in [0, 0.05) is 42.0 Å². The molecule has 0 aliphatic carbocycles. The van der Waals surface area contributed by atoms with Crippen LogP contribution in [0.25, 0.3) is 10.4 Å². The van der Waals surface area contributed by atoms with Crippen LogP contribution in [0.4, 0.5) is 0 Å². The van der Waals surface area contributed by atoms with Crippen LogP contribution in [-0.2, 0) is 19.0 Å². The SMILES string of the molecule is Cc1nnc(C(C)C)n1C1CC2CCC(C1)N2CCC(NC(=O)COCCOCCOCCN=[N+]=[N-])c1ccccc1. The predicted octanol–water partition coefficient (Wildman–Crippen LogP) is 4.49. The molecule has 3 heterocycles. The summed E-state index contributed by atoms with van der Waals surface area (Å²) in [6, 6.07) is 11.7. The first kappa shape index (κ1) is 31.9. The summed E-state index contributed by atoms with van der Waals surface area (Å²) in [6.07, 6.45) is 5.53. The smallest absolute Gasteiger partial charge is 0.246 e. The van der Waals surface area contributed by atoms with Gasteiger partial charge in [-0.3, -0.25) is 9.69 Å². The molecular formula is C30H46N8O4. The molecule has 42 heavy (non-hydrogen) atoms. The minimum absolute atomic E-state index is 0.0114. The van der Waals surface area contributed by atoms with E-state index in [1.165, 1.54) is 12.8 Å². The number of aryl methyl sites for hydroxylation is 1. The summed E-state index contributed by atoms with van der Waals surface area (Å²) in [5, 5.41) is 15.5. The van der Waals surface area contributed by atoms with Gasteiger partial charge in [0.15, 0.2) is 0 Å². The molecule has 2 bridgehead atoms. The summed E-state index contributed by atoms with van der Waals surface area (Å²) in [6.45, 7) is 9.60. The Kier molecular flexibility index (Phi) is 12.6. The van der Waals surface area contributed by atoms with Gasteiger partial charge in [0.1, 0.15) is 18.3 Å². The fourth-order valence-corrected chi connectivity index (χ4v) is 6.33. The number of carbonyl (C=O) groups is 1. The largest absolute Gasteiger partial charge is 0.379 e. The second kappa shape index (κ2) is 16.6. The van der Waals surface area contributed by atoms with Crippen molar-refractivity contribution in [2.24, 2.45) is 5.11 Å². The van der Waals surface area contributed by atoms with Crippen molar-refractivity contribution in [2.45, 2.75) is 83.0 Å². The van der Waals surface area contributed by atoms with Crippen LogP contribution in [0, 0.1) is 6.92 Å². The molecule has 3 unspecified atom stereocenters. The van der Waals surface area contributed by atoms with E-state index >= 15 is 0 Å². The quantitative estimate of drug-likeness (QED) is 0.118. The number of amides is 1. The molecule has 1 aromatic carbocycles. The van der Waals surface area contributed by atoms with Crippen molar-refractivity contribution in [3.05, 3.63) is 58.0 Å². The third-order valence-electron chi connectivity index (χ3n) is 8.22. The highest BCUT2D eigenvalue weighted by Gasteiger charge is 2.42. The Bertz CT molecular complexity index is 1140. The standard InChI is InChI=1S/C30H46N8O4/c1-22(2)30-35-34-23(3)38(30)27-19-25-9-10-26(20-27)37(25)13-11-28(24-7-5-4-6-8-24)33-29(39)21-42-18-17-41-16-15-40-14-12-32-36-31/h4-8,22,25-28H,9-21H2,1-3H3,(H,33,39). The molecule has 12 heteroatoms. The van der Waals surface area contributed by atoms with Gasteiger partial charge in [-0.05, 0) is 50.1 Å². The second-order valence-electron chi connectivity index (χ2n) is 11.4. The molecule has 1 N–H and O–H groups in total. The number of nitrogens with one attached hydrogen (secondary N) is 1. The van der Waals surface area contributed by atoms with Gasteiger partial charge in [-0.15, -0.1) is 10.2 Å². The van der Waals surface area contributed by atoms with Gasteiger partial charge in [0.2, 0.25) is 5.91 Å². The third-order valence-corrected chi connectivity index (χ3v) is 8.22. The Balaban J connectivity index is 1.22. The summed E-state index contributed by atoms with van der Waals surface area (Å²) < 4.78 is 18.7. The first-order chi connectivity index (χ1) is 20.5. The molecule has 2 saturated heterocycles. The van der Waals surface area contributed by atoms with Crippen molar-refractivity contribution in [3.63, 3.8) is 0 Å². The third kappa shape index (κ3) is 8.99. The number of piperidine rings is 1. The maximum Gasteiger partial charge on any atom is 0.246 e. The first-order valence-corrected chi connectivity index (χ1v) is 15.2. The number of benzene rings is 1. The van der Waals surface area contributed by atoms with Crippen molar-refractivity contribution in [1.29, 1.82) is 0 Å². The molecule has 2 fully saturated rings. The summed E-state index contributed by atoms with van der Waals surface area (Å²) in [7, 11) is 0. The van der Waals surface area contributed by atoms with E-state index in [-0.39, 0.29) is 18.6 Å². The van der Waals surface area contributed by atoms with Crippen molar-refractivity contribution >= 4 is 5.91 Å². The van der Waals surface area contributed by atoms with Gasteiger partial charge in [0.05, 0.1) is 39.1 Å². The van der Waals surface area contributed by atoms with Gasteiger partial charge < -0.3 is 24.1 Å². The summed E-state index contributed by atoms with van der Waals surface area (Å²) in [5.41, 5.74) is 9.34. The van der Waals surface area contributed by atoms with E-state index in [1.54, 1.807) is 0 Å². The zero-order chi connectivity index (χ0) is 29.7. The monoisotopic (exact) mass is 582 g/mol. The molecule has 0 radical (unpaired) electrons. The highest BCUT2D eigenvalue weighted by Crippen LogP contribution is 2.42. The van der Waals surface area contributed by atoms with Crippen molar-refractivity contribution < 1.29 is 19.0 Å². The van der Waals surface area contributed by atoms with Crippen LogP contribution in [0.1, 0.15) is 81.2 Å². The molecule has 2 aromatic rings. The highest BCUT2D eigenvalue weighted by atomic mass is 16.5. The molecule has 12 nitrogen and oxygen atoms in total. The molecular weight excluding hydrogens is 536 g/mol. The first-order valence-electron chi connectivity index (χ1n) is 15.2. The summed E-state index contributed by atoms with van der Waals surface area (Å²) in [5.74, 6) is 2.34. The summed E-state index contributed by atoms with van der Waals surface area (Å²) in [4.78, 5) is 18.2. The van der Waals surface area contributed by atoms with E-state index in [0.29, 0.717) is 63.6 Å². The van der Waals surface area contributed by atoms with E-state index < -0.39 is 0 Å². The summed E-state index contributed by atoms with van der Waals surface area (Å²) >= 11 is 0. The Morgan fingerprint density at radius 1 is 1.02 bits per heavy atom. The maximum atomic E-state index is 12.8. The lowest BCUT2D eigenvalue weighted by Crippen LogP contribution is -2.45. The Hall–Kier alpha value is -3.02. The van der Waals surface area contributed by atoms with E-state index in [4.69, 9.17) is 19.7 Å². The van der Waals surface area contributed by atoms with Crippen LogP contribution in [0.5, 0.6) is 0 Å². The number of hydrogen-bond acceptors (Lipinski definition) is 8. The van der Waals surface area contributed by atoms with E-state index in [9.17, 15) is 4.79 Å². The molecule has 0 saturated carbocycles. The zero-order valence-corrected chi connectivity index (χ0v) is 25.2. The molecule has 0 spiro atoms. The zero-order valence-electron chi connectivity index (χ0n) is 25.2. The van der Waals surface area contributed by atoms with Crippen molar-refractivity contribution in [1.82, 2.24) is 25.0 Å². The fourth-order valence-electron chi connectivity index (χ4n) is 6.33. The van der Waals surface area contributed by atoms with Crippen LogP contribution >= 0.6 is 0 Å². The fraction of sp³-hybridized carbons (Fsp3) is 0.700. The lowest BCUT2D eigenvalue weighted by atomic mass is 9.95. The van der Waals surface area contributed by atoms with Crippen molar-refractivity contribution in [3.8, 4) is 0 Å². The number of ether oxygens (including phenoxy) is 3. The topological polar surface area (TPSA) is 140 Å². The van der Waals surface area contributed by atoms with Gasteiger partial charge in [0.25, 0.3) is 0 Å². The van der Waals surface area contributed by atoms with E-state index in [1.807, 2.05) is 18.2 Å². The normalized spacial score (nSPS) is 20.9. The average Bonchev–Trinajstić information content (AvgIpc) is 3.49. The number of aromatic nitrogens is 3. The predicted molar refractivity (Wildman–Crippen MR) is 159 cm³/mol. The number of hydrogen-bond donors (Lipinski definition) is 1. The molecule has 2 aliphatic rings. The Morgan fingerprint density at radius 3 is 2.36 bits per heavy atom. The highest BCUT2D eigenvalue weighted by molar-refractivity contribution is 5.77. The van der Waals surface area contributed by atoms with E-state index in [2.05, 4.69) is 67.9 Å². The number of carbonyl (C=O) groups excluding carboxylic acids is 1. The lowest BCUT2D eigenvalue weighted by Gasteiger charge is -2.40. The number of rotatable bonds is 18. The molecule has 230 valence electrons.